The Morgan fingerprint density at radius 1 is 0.857 bits per heavy atom. The van der Waals surface area contributed by atoms with E-state index >= 15 is 0 Å². The Bertz CT molecular complexity index is 1770. The molecule has 2 spiro atoms. The lowest BCUT2D eigenvalue weighted by atomic mass is 9.67. The molecule has 15 nitrogen and oxygen atoms in total. The number of methoxy groups -OCH3 is 2. The van der Waals surface area contributed by atoms with E-state index in [2.05, 4.69) is 39.8 Å². The van der Waals surface area contributed by atoms with E-state index < -0.39 is 115 Å². The third-order valence-corrected chi connectivity index (χ3v) is 15.3. The van der Waals surface area contributed by atoms with E-state index in [1.165, 1.54) is 0 Å². The molecule has 22 atom stereocenters. The molecule has 15 heteroatoms. The first-order valence-corrected chi connectivity index (χ1v) is 23.3. The highest BCUT2D eigenvalue weighted by Crippen LogP contribution is 2.59. The molecule has 0 amide bonds. The minimum absolute atomic E-state index is 0.0123. The van der Waals surface area contributed by atoms with Gasteiger partial charge in [-0.3, -0.25) is 4.79 Å². The van der Waals surface area contributed by atoms with Crippen LogP contribution in [0.2, 0.25) is 0 Å². The van der Waals surface area contributed by atoms with Crippen LogP contribution in [-0.2, 0) is 56.9 Å². The van der Waals surface area contributed by atoms with Gasteiger partial charge in [-0.2, -0.15) is 0 Å². The lowest BCUT2D eigenvalue weighted by Gasteiger charge is -2.48. The molecule has 0 saturated carbocycles. The predicted molar refractivity (Wildman–Crippen MR) is 227 cm³/mol. The normalized spacial score (nSPS) is 51.9. The van der Waals surface area contributed by atoms with Crippen LogP contribution in [0, 0.1) is 23.7 Å². The minimum atomic E-state index is -1.91. The summed E-state index contributed by atoms with van der Waals surface area (Å²) >= 11 is 0. The molecule has 1 aliphatic carbocycles. The smallest absolute Gasteiger partial charge is 0.316 e. The number of aliphatic hydroxyl groups is 3. The van der Waals surface area contributed by atoms with E-state index in [0.717, 1.165) is 12.0 Å². The Morgan fingerprint density at radius 2 is 1.57 bits per heavy atom. The molecule has 5 saturated heterocycles. The van der Waals surface area contributed by atoms with E-state index in [9.17, 15) is 20.1 Å². The molecule has 8 rings (SSSR count). The molecular formula is C48H72O15. The van der Waals surface area contributed by atoms with E-state index in [-0.39, 0.29) is 36.9 Å². The highest BCUT2D eigenvalue weighted by Gasteiger charge is 2.79. The SMILES string of the molecule is CCC(C)C1O[C@@]2(C=C[C@H]1C)C[C@@H]1C[C@@H](C/C=C(/C)C(OC3CC(OC)C(OC4CC(OC)C(O)C(C)O4)C(C)O3)[C@@H](C)/C=C\C3OC34CO[C@@H]3[C@H](O)C(C)=CC(C(=O)O1)[C@@]34O)O2. The first-order chi connectivity index (χ1) is 30.0. The lowest BCUT2D eigenvalue weighted by molar-refractivity contribution is -0.318. The fourth-order valence-electron chi connectivity index (χ4n) is 11.3. The van der Waals surface area contributed by atoms with Gasteiger partial charge in [0.1, 0.15) is 48.1 Å². The summed E-state index contributed by atoms with van der Waals surface area (Å²) in [6, 6.07) is 0. The Morgan fingerprint density at radius 3 is 2.30 bits per heavy atom. The number of carbonyl (C=O) groups is 1. The Balaban J connectivity index is 1.09. The summed E-state index contributed by atoms with van der Waals surface area (Å²) in [6.07, 6.45) is 5.94. The van der Waals surface area contributed by atoms with Gasteiger partial charge >= 0.3 is 5.97 Å². The molecule has 7 heterocycles. The van der Waals surface area contributed by atoms with Crippen molar-refractivity contribution in [2.24, 2.45) is 23.7 Å². The molecule has 63 heavy (non-hydrogen) atoms. The van der Waals surface area contributed by atoms with Gasteiger partial charge in [0.2, 0.25) is 0 Å². The van der Waals surface area contributed by atoms with Gasteiger partial charge in [0, 0.05) is 51.7 Å². The van der Waals surface area contributed by atoms with Gasteiger partial charge in [-0.05, 0) is 57.3 Å². The summed E-state index contributed by atoms with van der Waals surface area (Å²) in [7, 11) is 3.22. The molecule has 5 fully saturated rings. The van der Waals surface area contributed by atoms with E-state index in [1.54, 1.807) is 34.1 Å². The highest BCUT2D eigenvalue weighted by atomic mass is 16.7. The van der Waals surface area contributed by atoms with Crippen LogP contribution in [0.5, 0.6) is 0 Å². The van der Waals surface area contributed by atoms with Crippen LogP contribution in [0.3, 0.4) is 0 Å². The van der Waals surface area contributed by atoms with Gasteiger partial charge in [-0.1, -0.05) is 64.5 Å². The van der Waals surface area contributed by atoms with Crippen molar-refractivity contribution in [3.63, 3.8) is 0 Å². The topological polar surface area (TPSA) is 183 Å². The van der Waals surface area contributed by atoms with Crippen molar-refractivity contribution < 1.29 is 72.2 Å². The number of hydrogen-bond donors (Lipinski definition) is 3. The van der Waals surface area contributed by atoms with Gasteiger partial charge < -0.3 is 67.4 Å². The fourth-order valence-corrected chi connectivity index (χ4v) is 11.3. The number of ether oxygens (including phenoxy) is 11. The molecule has 14 unspecified atom stereocenters. The molecule has 0 aromatic rings. The average Bonchev–Trinajstić information content (AvgIpc) is 3.90. The van der Waals surface area contributed by atoms with Crippen LogP contribution >= 0.6 is 0 Å². The molecule has 8 aliphatic rings. The molecule has 3 N–H and O–H groups in total. The van der Waals surface area contributed by atoms with Crippen LogP contribution < -0.4 is 0 Å². The zero-order valence-electron chi connectivity index (χ0n) is 38.6. The number of epoxide rings is 1. The van der Waals surface area contributed by atoms with Gasteiger partial charge in [0.15, 0.2) is 24.0 Å². The van der Waals surface area contributed by atoms with Crippen LogP contribution in [0.25, 0.3) is 0 Å². The maximum absolute atomic E-state index is 14.5. The predicted octanol–water partition coefficient (Wildman–Crippen LogP) is 4.59. The van der Waals surface area contributed by atoms with Gasteiger partial charge in [0.05, 0.1) is 49.3 Å². The zero-order valence-corrected chi connectivity index (χ0v) is 38.6. The standard InChI is InChI=1S/C48H72O15/c1-11-24(2)42-27(5)16-17-46(63-42)22-32-19-31(61-46)14-12-25(3)41(59-38-21-35(54-10)43(30(8)57-38)60-37-20-34(53-9)40(50)29(7)56-37)26(4)13-15-36-47(62-36)23-55-44-39(49)28(6)18-33(45(51)58-32)48(44,47)52/h12-13,15-18,24,26-27,29-44,49-50,52H,11,14,19-23H2,1-10H3/b15-13-,25-12-/t24?,26-,27+,29?,30?,31+,32-,33?,34?,35?,36?,37?,38?,39+,40?,41?,42?,43?,44+,46-,47?,48+/m0/s1. The van der Waals surface area contributed by atoms with Crippen LogP contribution in [0.1, 0.15) is 93.9 Å². The van der Waals surface area contributed by atoms with Crippen molar-refractivity contribution in [1.29, 1.82) is 0 Å². The maximum atomic E-state index is 14.5. The lowest BCUT2D eigenvalue weighted by Crippen LogP contribution is -2.63. The molecule has 354 valence electrons. The van der Waals surface area contributed by atoms with E-state index in [1.807, 2.05) is 32.1 Å². The number of esters is 1. The molecular weight excluding hydrogens is 817 g/mol. The van der Waals surface area contributed by atoms with Gasteiger partial charge in [-0.15, -0.1) is 0 Å². The second-order valence-electron chi connectivity index (χ2n) is 19.7. The monoisotopic (exact) mass is 888 g/mol. The third kappa shape index (κ3) is 8.82. The van der Waals surface area contributed by atoms with Gasteiger partial charge in [0.25, 0.3) is 0 Å². The van der Waals surface area contributed by atoms with Crippen molar-refractivity contribution in [3.05, 3.63) is 47.6 Å². The van der Waals surface area contributed by atoms with E-state index in [4.69, 9.17) is 52.1 Å². The second kappa shape index (κ2) is 18.5. The Kier molecular flexibility index (Phi) is 13.9. The Hall–Kier alpha value is -2.09. The summed E-state index contributed by atoms with van der Waals surface area (Å²) in [6.45, 7) is 16.0. The van der Waals surface area contributed by atoms with Crippen molar-refractivity contribution >= 4 is 5.97 Å². The van der Waals surface area contributed by atoms with Crippen molar-refractivity contribution in [1.82, 2.24) is 0 Å². The molecule has 0 radical (unpaired) electrons. The largest absolute Gasteiger partial charge is 0.462 e. The Labute approximate surface area is 372 Å². The average molecular weight is 889 g/mol. The van der Waals surface area contributed by atoms with Crippen molar-refractivity contribution in [3.8, 4) is 0 Å². The maximum Gasteiger partial charge on any atom is 0.316 e. The number of rotatable bonds is 8. The van der Waals surface area contributed by atoms with Crippen molar-refractivity contribution in [2.75, 3.05) is 20.8 Å². The van der Waals surface area contributed by atoms with Crippen LogP contribution in [0.4, 0.5) is 0 Å². The summed E-state index contributed by atoms with van der Waals surface area (Å²) in [5.74, 6) is -2.69. The second-order valence-corrected chi connectivity index (χ2v) is 19.7. The number of carbonyl (C=O) groups excluding carboxylic acids is 1. The first-order valence-electron chi connectivity index (χ1n) is 23.3. The molecule has 0 aromatic carbocycles. The van der Waals surface area contributed by atoms with Crippen molar-refractivity contribution in [2.45, 2.75) is 203 Å². The summed E-state index contributed by atoms with van der Waals surface area (Å²) in [4.78, 5) is 14.5. The summed E-state index contributed by atoms with van der Waals surface area (Å²) in [5.41, 5.74) is -1.72. The summed E-state index contributed by atoms with van der Waals surface area (Å²) in [5, 5.41) is 34.6. The molecule has 0 aromatic heterocycles. The number of aliphatic hydroxyl groups excluding tert-OH is 2. The molecule has 7 aliphatic heterocycles. The summed E-state index contributed by atoms with van der Waals surface area (Å²) < 4.78 is 70.2. The number of hydrogen-bond acceptors (Lipinski definition) is 15. The van der Waals surface area contributed by atoms with Gasteiger partial charge in [-0.25, -0.2) is 0 Å². The highest BCUT2D eigenvalue weighted by molar-refractivity contribution is 5.78. The first kappa shape index (κ1) is 47.4. The number of fused-ring (bicyclic) bond motifs is 2. The minimum Gasteiger partial charge on any atom is -0.462 e. The molecule has 2 bridgehead atoms. The third-order valence-electron chi connectivity index (χ3n) is 15.3. The van der Waals surface area contributed by atoms with Crippen LogP contribution in [-0.4, -0.2) is 151 Å². The fraction of sp³-hybridized carbons (Fsp3) is 0.812. The quantitative estimate of drug-likeness (QED) is 0.175. The van der Waals surface area contributed by atoms with Crippen LogP contribution in [0.15, 0.2) is 47.6 Å². The van der Waals surface area contributed by atoms with E-state index in [0.29, 0.717) is 31.3 Å². The zero-order chi connectivity index (χ0) is 45.2.